The van der Waals surface area contributed by atoms with Crippen molar-refractivity contribution in [2.45, 2.75) is 19.8 Å². The van der Waals surface area contributed by atoms with Crippen molar-refractivity contribution in [3.05, 3.63) is 34.9 Å². The molecule has 2 rings (SSSR count). The third-order valence-electron chi connectivity index (χ3n) is 3.21. The number of Topliss-reactive ketones (excluding diaryl/α,β-unsaturated/α-hetero) is 1. The molecular weight excluding hydrogens is 224 g/mol. The lowest BCUT2D eigenvalue weighted by atomic mass is 9.90. The first-order valence-electron chi connectivity index (χ1n) is 5.81. The highest BCUT2D eigenvalue weighted by Gasteiger charge is 2.26. The number of nitrogens with one attached hydrogen (secondary N) is 1. The van der Waals surface area contributed by atoms with Crippen LogP contribution in [0.15, 0.2) is 12.1 Å². The Hall–Kier alpha value is -1.29. The van der Waals surface area contributed by atoms with Gasteiger partial charge >= 0.3 is 0 Å². The minimum atomic E-state index is -1.01. The van der Waals surface area contributed by atoms with Crippen molar-refractivity contribution in [1.82, 2.24) is 5.32 Å². The molecule has 1 aromatic rings. The minimum absolute atomic E-state index is 0.123. The molecule has 1 aliphatic rings. The molecule has 1 atom stereocenters. The maximum atomic E-state index is 13.7. The van der Waals surface area contributed by atoms with E-state index in [-0.39, 0.29) is 22.8 Å². The van der Waals surface area contributed by atoms with Gasteiger partial charge in [-0.15, -0.1) is 0 Å². The van der Waals surface area contributed by atoms with Crippen LogP contribution in [0.4, 0.5) is 8.78 Å². The first-order valence-corrected chi connectivity index (χ1v) is 5.81. The monoisotopic (exact) mass is 239 g/mol. The highest BCUT2D eigenvalue weighted by atomic mass is 19.2. The Morgan fingerprint density at radius 1 is 1.35 bits per heavy atom. The predicted octanol–water partition coefficient (Wildman–Crippen LogP) is 2.46. The summed E-state index contributed by atoms with van der Waals surface area (Å²) >= 11 is 0. The summed E-state index contributed by atoms with van der Waals surface area (Å²) in [6, 6.07) is 2.83. The number of rotatable bonds is 2. The molecule has 1 heterocycles. The van der Waals surface area contributed by atoms with E-state index < -0.39 is 11.6 Å². The molecule has 0 aliphatic carbocycles. The third kappa shape index (κ3) is 2.36. The summed E-state index contributed by atoms with van der Waals surface area (Å²) in [5.74, 6) is -2.46. The Bertz CT molecular complexity index is 439. The predicted molar refractivity (Wildman–Crippen MR) is 61.0 cm³/mol. The Kier molecular flexibility index (Phi) is 3.52. The zero-order chi connectivity index (χ0) is 12.4. The first kappa shape index (κ1) is 12.2. The van der Waals surface area contributed by atoms with Gasteiger partial charge in [-0.05, 0) is 37.9 Å². The van der Waals surface area contributed by atoms with E-state index in [0.717, 1.165) is 19.4 Å². The summed E-state index contributed by atoms with van der Waals surface area (Å²) in [4.78, 5) is 12.0. The first-order chi connectivity index (χ1) is 8.11. The summed E-state index contributed by atoms with van der Waals surface area (Å²) < 4.78 is 27.0. The van der Waals surface area contributed by atoms with Crippen molar-refractivity contribution in [3.63, 3.8) is 0 Å². The lowest BCUT2D eigenvalue weighted by Gasteiger charge is -2.21. The molecule has 0 spiro atoms. The van der Waals surface area contributed by atoms with Crippen LogP contribution in [-0.2, 0) is 0 Å². The molecule has 0 amide bonds. The van der Waals surface area contributed by atoms with Gasteiger partial charge in [0.15, 0.2) is 17.4 Å². The second kappa shape index (κ2) is 4.92. The fourth-order valence-corrected chi connectivity index (χ4v) is 2.13. The van der Waals surface area contributed by atoms with Crippen LogP contribution in [-0.4, -0.2) is 18.9 Å². The quantitative estimate of drug-likeness (QED) is 0.803. The Labute approximate surface area is 99.0 Å². The molecule has 92 valence electrons. The fourth-order valence-electron chi connectivity index (χ4n) is 2.13. The molecule has 1 N–H and O–H groups in total. The molecule has 1 unspecified atom stereocenters. The molecule has 0 radical (unpaired) electrons. The molecule has 1 fully saturated rings. The zero-order valence-electron chi connectivity index (χ0n) is 9.72. The van der Waals surface area contributed by atoms with Crippen LogP contribution >= 0.6 is 0 Å². The molecule has 1 saturated heterocycles. The molecule has 17 heavy (non-hydrogen) atoms. The summed E-state index contributed by atoms with van der Waals surface area (Å²) in [7, 11) is 0. The summed E-state index contributed by atoms with van der Waals surface area (Å²) in [6.07, 6.45) is 1.63. The standard InChI is InChI=1S/C13H15F2NO/c1-8-4-5-10(12(15)11(8)14)13(17)9-3-2-6-16-7-9/h4-5,9,16H,2-3,6-7H2,1H3. The number of carbonyl (C=O) groups is 1. The van der Waals surface area contributed by atoms with Crippen LogP contribution < -0.4 is 5.32 Å². The average Bonchev–Trinajstić information content (AvgIpc) is 2.36. The molecule has 1 aliphatic heterocycles. The molecule has 0 aromatic heterocycles. The SMILES string of the molecule is Cc1ccc(C(=O)C2CCCNC2)c(F)c1F. The average molecular weight is 239 g/mol. The van der Waals surface area contributed by atoms with Gasteiger partial charge in [0.2, 0.25) is 0 Å². The van der Waals surface area contributed by atoms with Crippen molar-refractivity contribution in [2.24, 2.45) is 5.92 Å². The lowest BCUT2D eigenvalue weighted by Crippen LogP contribution is -2.34. The highest BCUT2D eigenvalue weighted by Crippen LogP contribution is 2.21. The van der Waals surface area contributed by atoms with Gasteiger partial charge in [-0.3, -0.25) is 4.79 Å². The van der Waals surface area contributed by atoms with E-state index in [2.05, 4.69) is 5.32 Å². The Morgan fingerprint density at radius 3 is 2.76 bits per heavy atom. The van der Waals surface area contributed by atoms with Gasteiger partial charge in [0, 0.05) is 12.5 Å². The van der Waals surface area contributed by atoms with Crippen molar-refractivity contribution in [2.75, 3.05) is 13.1 Å². The van der Waals surface area contributed by atoms with Crippen LogP contribution in [0, 0.1) is 24.5 Å². The molecular formula is C13H15F2NO. The summed E-state index contributed by atoms with van der Waals surface area (Å²) in [5, 5.41) is 3.09. The maximum Gasteiger partial charge on any atom is 0.170 e. The van der Waals surface area contributed by atoms with Crippen LogP contribution in [0.3, 0.4) is 0 Å². The van der Waals surface area contributed by atoms with E-state index in [1.54, 1.807) is 0 Å². The topological polar surface area (TPSA) is 29.1 Å². The van der Waals surface area contributed by atoms with Crippen LogP contribution in [0.1, 0.15) is 28.8 Å². The van der Waals surface area contributed by atoms with E-state index in [1.807, 2.05) is 0 Å². The zero-order valence-corrected chi connectivity index (χ0v) is 9.72. The van der Waals surface area contributed by atoms with Crippen LogP contribution in [0.25, 0.3) is 0 Å². The number of benzene rings is 1. The fraction of sp³-hybridized carbons (Fsp3) is 0.462. The number of aryl methyl sites for hydroxylation is 1. The molecule has 1 aromatic carbocycles. The van der Waals surface area contributed by atoms with Gasteiger partial charge in [-0.1, -0.05) is 6.07 Å². The summed E-state index contributed by atoms with van der Waals surface area (Å²) in [5.41, 5.74) is 0.0996. The van der Waals surface area contributed by atoms with Crippen LogP contribution in [0.5, 0.6) is 0 Å². The van der Waals surface area contributed by atoms with E-state index in [4.69, 9.17) is 0 Å². The van der Waals surface area contributed by atoms with Gasteiger partial charge in [0.1, 0.15) is 0 Å². The summed E-state index contributed by atoms with van der Waals surface area (Å²) in [6.45, 7) is 2.91. The van der Waals surface area contributed by atoms with Crippen molar-refractivity contribution >= 4 is 5.78 Å². The number of ketones is 1. The highest BCUT2D eigenvalue weighted by molar-refractivity contribution is 5.98. The van der Waals surface area contributed by atoms with E-state index in [0.29, 0.717) is 6.54 Å². The Morgan fingerprint density at radius 2 is 2.12 bits per heavy atom. The normalized spacial score (nSPS) is 20.3. The largest absolute Gasteiger partial charge is 0.316 e. The second-order valence-corrected chi connectivity index (χ2v) is 4.47. The molecule has 0 bridgehead atoms. The smallest absolute Gasteiger partial charge is 0.170 e. The van der Waals surface area contributed by atoms with Gasteiger partial charge in [-0.25, -0.2) is 8.78 Å². The number of hydrogen-bond acceptors (Lipinski definition) is 2. The van der Waals surface area contributed by atoms with Gasteiger partial charge in [0.25, 0.3) is 0 Å². The van der Waals surface area contributed by atoms with Crippen molar-refractivity contribution in [1.29, 1.82) is 0 Å². The van der Waals surface area contributed by atoms with Gasteiger partial charge in [0.05, 0.1) is 5.56 Å². The Balaban J connectivity index is 2.27. The van der Waals surface area contributed by atoms with Crippen molar-refractivity contribution in [3.8, 4) is 0 Å². The molecule has 2 nitrogen and oxygen atoms in total. The number of hydrogen-bond donors (Lipinski definition) is 1. The number of carbonyl (C=O) groups excluding carboxylic acids is 1. The lowest BCUT2D eigenvalue weighted by molar-refractivity contribution is 0.0894. The molecule has 4 heteroatoms. The number of halogens is 2. The minimum Gasteiger partial charge on any atom is -0.316 e. The molecule has 0 saturated carbocycles. The third-order valence-corrected chi connectivity index (χ3v) is 3.21. The van der Waals surface area contributed by atoms with Crippen molar-refractivity contribution < 1.29 is 13.6 Å². The van der Waals surface area contributed by atoms with Gasteiger partial charge < -0.3 is 5.32 Å². The van der Waals surface area contributed by atoms with Gasteiger partial charge in [-0.2, -0.15) is 0 Å². The van der Waals surface area contributed by atoms with Crippen LogP contribution in [0.2, 0.25) is 0 Å². The second-order valence-electron chi connectivity index (χ2n) is 4.47. The maximum absolute atomic E-state index is 13.7. The van der Waals surface area contributed by atoms with E-state index >= 15 is 0 Å². The number of piperidine rings is 1. The van der Waals surface area contributed by atoms with E-state index in [9.17, 15) is 13.6 Å². The van der Waals surface area contributed by atoms with E-state index in [1.165, 1.54) is 19.1 Å².